The molecule has 0 aliphatic carbocycles. The molecule has 0 unspecified atom stereocenters. The van der Waals surface area contributed by atoms with Crippen molar-refractivity contribution in [3.63, 3.8) is 0 Å². The van der Waals surface area contributed by atoms with Crippen molar-refractivity contribution < 1.29 is 0 Å². The van der Waals surface area contributed by atoms with Crippen LogP contribution < -0.4 is 5.32 Å². The van der Waals surface area contributed by atoms with Crippen LogP contribution in [0.1, 0.15) is 11.1 Å². The highest BCUT2D eigenvalue weighted by atomic mass is 15.0. The van der Waals surface area contributed by atoms with Crippen LogP contribution in [-0.4, -0.2) is 4.57 Å². The van der Waals surface area contributed by atoms with Crippen LogP contribution in [0.15, 0.2) is 91.0 Å². The quantitative estimate of drug-likeness (QED) is 0.361. The van der Waals surface area contributed by atoms with E-state index in [1.807, 2.05) is 0 Å². The fraction of sp³-hybridized carbons (Fsp3) is 0.0769. The Morgan fingerprint density at radius 2 is 1.39 bits per heavy atom. The SMILES string of the molecule is Cc1ccc(Nc2ccc3c4ccccc4n(-c4ccccc4)c3c2)c(C)c1. The first kappa shape index (κ1) is 16.6. The highest BCUT2D eigenvalue weighted by Gasteiger charge is 2.12. The van der Waals surface area contributed by atoms with Gasteiger partial charge < -0.3 is 9.88 Å². The molecule has 5 aromatic rings. The summed E-state index contributed by atoms with van der Waals surface area (Å²) in [4.78, 5) is 0. The molecule has 0 atom stereocenters. The zero-order valence-corrected chi connectivity index (χ0v) is 16.1. The Kier molecular flexibility index (Phi) is 3.91. The normalized spacial score (nSPS) is 11.2. The van der Waals surface area contributed by atoms with E-state index in [1.165, 1.54) is 38.6 Å². The van der Waals surface area contributed by atoms with E-state index in [1.54, 1.807) is 0 Å². The number of hydrogen-bond donors (Lipinski definition) is 1. The molecule has 1 N–H and O–H groups in total. The predicted octanol–water partition coefficient (Wildman–Crippen LogP) is 7.14. The van der Waals surface area contributed by atoms with Crippen molar-refractivity contribution >= 4 is 33.2 Å². The average molecular weight is 362 g/mol. The second kappa shape index (κ2) is 6.58. The van der Waals surface area contributed by atoms with Crippen molar-refractivity contribution in [3.05, 3.63) is 102 Å². The number of aromatic nitrogens is 1. The van der Waals surface area contributed by atoms with Gasteiger partial charge in [0.2, 0.25) is 0 Å². The van der Waals surface area contributed by atoms with Crippen molar-refractivity contribution in [3.8, 4) is 5.69 Å². The fourth-order valence-corrected chi connectivity index (χ4v) is 4.01. The summed E-state index contributed by atoms with van der Waals surface area (Å²) in [6, 6.07) is 32.3. The van der Waals surface area contributed by atoms with Gasteiger partial charge in [0, 0.05) is 27.8 Å². The van der Waals surface area contributed by atoms with Gasteiger partial charge in [-0.25, -0.2) is 0 Å². The molecule has 28 heavy (non-hydrogen) atoms. The maximum Gasteiger partial charge on any atom is 0.0561 e. The van der Waals surface area contributed by atoms with Gasteiger partial charge in [-0.1, -0.05) is 60.2 Å². The molecule has 0 aliphatic heterocycles. The maximum absolute atomic E-state index is 3.60. The second-order valence-electron chi connectivity index (χ2n) is 7.36. The lowest BCUT2D eigenvalue weighted by molar-refractivity contribution is 1.18. The van der Waals surface area contributed by atoms with Gasteiger partial charge in [-0.05, 0) is 55.8 Å². The van der Waals surface area contributed by atoms with Crippen LogP contribution in [0, 0.1) is 13.8 Å². The lowest BCUT2D eigenvalue weighted by Crippen LogP contribution is -1.96. The van der Waals surface area contributed by atoms with Gasteiger partial charge in [0.15, 0.2) is 0 Å². The molecule has 0 fully saturated rings. The number of aryl methyl sites for hydroxylation is 2. The zero-order chi connectivity index (χ0) is 19.1. The predicted molar refractivity (Wildman–Crippen MR) is 120 cm³/mol. The van der Waals surface area contributed by atoms with Crippen LogP contribution in [-0.2, 0) is 0 Å². The van der Waals surface area contributed by atoms with Crippen LogP contribution in [0.4, 0.5) is 11.4 Å². The number of nitrogens with one attached hydrogen (secondary N) is 1. The monoisotopic (exact) mass is 362 g/mol. The summed E-state index contributed by atoms with van der Waals surface area (Å²) >= 11 is 0. The lowest BCUT2D eigenvalue weighted by Gasteiger charge is -2.12. The lowest BCUT2D eigenvalue weighted by atomic mass is 10.1. The minimum atomic E-state index is 1.10. The highest BCUT2D eigenvalue weighted by molar-refractivity contribution is 6.10. The molecule has 0 radical (unpaired) electrons. The molecule has 0 spiro atoms. The first-order valence-electron chi connectivity index (χ1n) is 9.63. The Labute approximate surface area is 165 Å². The molecule has 1 heterocycles. The van der Waals surface area contributed by atoms with Crippen molar-refractivity contribution in [1.82, 2.24) is 4.57 Å². The average Bonchev–Trinajstić information content (AvgIpc) is 3.04. The van der Waals surface area contributed by atoms with Gasteiger partial charge in [0.25, 0.3) is 0 Å². The summed E-state index contributed by atoms with van der Waals surface area (Å²) in [5.41, 5.74) is 8.39. The molecule has 0 amide bonds. The van der Waals surface area contributed by atoms with E-state index in [-0.39, 0.29) is 0 Å². The van der Waals surface area contributed by atoms with Gasteiger partial charge in [0.1, 0.15) is 0 Å². The van der Waals surface area contributed by atoms with Crippen molar-refractivity contribution in [2.45, 2.75) is 13.8 Å². The van der Waals surface area contributed by atoms with E-state index in [9.17, 15) is 0 Å². The molecule has 0 saturated carbocycles. The van der Waals surface area contributed by atoms with Crippen molar-refractivity contribution in [1.29, 1.82) is 0 Å². The summed E-state index contributed by atoms with van der Waals surface area (Å²) in [5, 5.41) is 6.15. The van der Waals surface area contributed by atoms with Gasteiger partial charge in [0.05, 0.1) is 11.0 Å². The van der Waals surface area contributed by atoms with Crippen LogP contribution in [0.5, 0.6) is 0 Å². The van der Waals surface area contributed by atoms with E-state index in [4.69, 9.17) is 0 Å². The van der Waals surface area contributed by atoms with E-state index >= 15 is 0 Å². The van der Waals surface area contributed by atoms with Crippen LogP contribution in [0.2, 0.25) is 0 Å². The fourth-order valence-electron chi connectivity index (χ4n) is 4.01. The zero-order valence-electron chi connectivity index (χ0n) is 16.1. The molecule has 2 nitrogen and oxygen atoms in total. The van der Waals surface area contributed by atoms with Crippen LogP contribution >= 0.6 is 0 Å². The van der Waals surface area contributed by atoms with E-state index in [0.29, 0.717) is 0 Å². The Bertz CT molecular complexity index is 1300. The van der Waals surface area contributed by atoms with Crippen molar-refractivity contribution in [2.24, 2.45) is 0 Å². The smallest absolute Gasteiger partial charge is 0.0561 e. The molecule has 1 aromatic heterocycles. The number of nitrogens with zero attached hydrogens (tertiary/aromatic N) is 1. The summed E-state index contributed by atoms with van der Waals surface area (Å²) in [5.74, 6) is 0. The van der Waals surface area contributed by atoms with E-state index < -0.39 is 0 Å². The Morgan fingerprint density at radius 3 is 2.21 bits per heavy atom. The maximum atomic E-state index is 3.60. The summed E-state index contributed by atoms with van der Waals surface area (Å²) < 4.78 is 2.35. The number of rotatable bonds is 3. The molecule has 4 aromatic carbocycles. The van der Waals surface area contributed by atoms with Gasteiger partial charge in [-0.15, -0.1) is 0 Å². The largest absolute Gasteiger partial charge is 0.355 e. The Balaban J connectivity index is 1.71. The van der Waals surface area contributed by atoms with Gasteiger partial charge in [-0.3, -0.25) is 0 Å². The minimum Gasteiger partial charge on any atom is -0.355 e. The number of hydrogen-bond acceptors (Lipinski definition) is 1. The number of fused-ring (bicyclic) bond motifs is 3. The van der Waals surface area contributed by atoms with Crippen LogP contribution in [0.3, 0.4) is 0 Å². The number of para-hydroxylation sites is 2. The molecule has 2 heteroatoms. The van der Waals surface area contributed by atoms with Gasteiger partial charge >= 0.3 is 0 Å². The number of benzene rings is 4. The molecule has 5 rings (SSSR count). The molecular formula is C26H22N2. The third kappa shape index (κ3) is 2.74. The minimum absolute atomic E-state index is 1.10. The first-order valence-corrected chi connectivity index (χ1v) is 9.63. The third-order valence-electron chi connectivity index (χ3n) is 5.35. The molecule has 136 valence electrons. The molecule has 0 bridgehead atoms. The molecule has 0 aliphatic rings. The second-order valence-corrected chi connectivity index (χ2v) is 7.36. The van der Waals surface area contributed by atoms with Gasteiger partial charge in [-0.2, -0.15) is 0 Å². The Morgan fingerprint density at radius 1 is 0.643 bits per heavy atom. The van der Waals surface area contributed by atoms with E-state index in [0.717, 1.165) is 11.4 Å². The Hall–Kier alpha value is -3.52. The van der Waals surface area contributed by atoms with Crippen LogP contribution in [0.25, 0.3) is 27.5 Å². The summed E-state index contributed by atoms with van der Waals surface area (Å²) in [6.07, 6.45) is 0. The number of anilines is 2. The molecular weight excluding hydrogens is 340 g/mol. The summed E-state index contributed by atoms with van der Waals surface area (Å²) in [7, 11) is 0. The topological polar surface area (TPSA) is 17.0 Å². The standard InChI is InChI=1S/C26H22N2/c1-18-12-15-24(19(2)16-18)27-20-13-14-23-22-10-6-7-11-25(22)28(26(23)17-20)21-8-4-3-5-9-21/h3-17,27H,1-2H3. The molecule has 0 saturated heterocycles. The van der Waals surface area contributed by atoms with E-state index in [2.05, 4.69) is 115 Å². The van der Waals surface area contributed by atoms with Crippen molar-refractivity contribution in [2.75, 3.05) is 5.32 Å². The highest BCUT2D eigenvalue weighted by Crippen LogP contribution is 2.34. The summed E-state index contributed by atoms with van der Waals surface area (Å²) in [6.45, 7) is 4.27. The third-order valence-corrected chi connectivity index (χ3v) is 5.35. The first-order chi connectivity index (χ1) is 13.7.